The maximum Gasteiger partial charge on any atom is 0.0693 e. The second-order valence-electron chi connectivity index (χ2n) is 5.35. The number of ether oxygens (including phenoxy) is 1. The third-order valence-electron chi connectivity index (χ3n) is 4.03. The summed E-state index contributed by atoms with van der Waals surface area (Å²) in [4.78, 5) is 0. The summed E-state index contributed by atoms with van der Waals surface area (Å²) >= 11 is 0. The molecule has 0 aliphatic heterocycles. The van der Waals surface area contributed by atoms with Crippen molar-refractivity contribution >= 4 is 0 Å². The molecule has 0 radical (unpaired) electrons. The van der Waals surface area contributed by atoms with Crippen LogP contribution in [0.25, 0.3) is 0 Å². The number of nitrogens with one attached hydrogen (secondary N) is 1. The van der Waals surface area contributed by atoms with E-state index in [-0.39, 0.29) is 0 Å². The van der Waals surface area contributed by atoms with Crippen LogP contribution in [0.3, 0.4) is 0 Å². The lowest BCUT2D eigenvalue weighted by atomic mass is 9.91. The van der Waals surface area contributed by atoms with Gasteiger partial charge >= 0.3 is 0 Å². The molecule has 0 aromatic heterocycles. The summed E-state index contributed by atoms with van der Waals surface area (Å²) in [6, 6.07) is 0.468. The molecule has 2 nitrogen and oxygen atoms in total. The van der Waals surface area contributed by atoms with E-state index in [0.717, 1.165) is 5.92 Å². The first kappa shape index (κ1) is 14.0. The highest BCUT2D eigenvalue weighted by molar-refractivity contribution is 4.72. The van der Waals surface area contributed by atoms with Crippen molar-refractivity contribution in [2.24, 2.45) is 5.92 Å². The summed E-state index contributed by atoms with van der Waals surface area (Å²) in [7, 11) is 1.79. The zero-order valence-corrected chi connectivity index (χ0v) is 11.3. The van der Waals surface area contributed by atoms with Crippen LogP contribution >= 0.6 is 0 Å². The highest BCUT2D eigenvalue weighted by atomic mass is 16.5. The Hall–Kier alpha value is -0.0800. The predicted octanol–water partition coefficient (Wildman–Crippen LogP) is 3.36. The van der Waals surface area contributed by atoms with E-state index in [1.54, 1.807) is 7.11 Å². The third-order valence-corrected chi connectivity index (χ3v) is 4.03. The first-order chi connectivity index (χ1) is 7.74. The molecule has 1 fully saturated rings. The molecule has 16 heavy (non-hydrogen) atoms. The van der Waals surface area contributed by atoms with Crippen LogP contribution in [0.4, 0.5) is 0 Å². The fourth-order valence-electron chi connectivity index (χ4n) is 2.47. The third kappa shape index (κ3) is 5.31. The molecule has 1 N–H and O–H groups in total. The minimum atomic E-state index is 0.313. The van der Waals surface area contributed by atoms with E-state index >= 15 is 0 Å². The molecule has 96 valence electrons. The van der Waals surface area contributed by atoms with Gasteiger partial charge in [0.1, 0.15) is 0 Å². The Labute approximate surface area is 101 Å². The molecule has 2 heteroatoms. The van der Waals surface area contributed by atoms with E-state index in [1.165, 1.54) is 51.5 Å². The fraction of sp³-hybridized carbons (Fsp3) is 1.00. The molecule has 1 aliphatic carbocycles. The fourth-order valence-corrected chi connectivity index (χ4v) is 2.47. The molecule has 1 aliphatic rings. The quantitative estimate of drug-likeness (QED) is 0.777. The number of methoxy groups -OCH3 is 1. The van der Waals surface area contributed by atoms with Gasteiger partial charge in [0.2, 0.25) is 0 Å². The minimum Gasteiger partial charge on any atom is -0.380 e. The molecule has 0 saturated heterocycles. The van der Waals surface area contributed by atoms with Crippen LogP contribution < -0.4 is 5.32 Å². The first-order valence-corrected chi connectivity index (χ1v) is 7.00. The zero-order chi connectivity index (χ0) is 11.8. The standard InChI is InChI=1S/C14H29NO/c1-12(13(2)16-3)15-11-14-9-7-5-4-6-8-10-14/h12-15H,4-11H2,1-3H3. The Kier molecular flexibility index (Phi) is 7.06. The molecule has 2 unspecified atom stereocenters. The monoisotopic (exact) mass is 227 g/mol. The highest BCUT2D eigenvalue weighted by Crippen LogP contribution is 2.21. The van der Waals surface area contributed by atoms with Crippen molar-refractivity contribution < 1.29 is 4.74 Å². The molecule has 0 bridgehead atoms. The Morgan fingerprint density at radius 3 is 2.19 bits per heavy atom. The van der Waals surface area contributed by atoms with Crippen molar-refractivity contribution in [3.63, 3.8) is 0 Å². The highest BCUT2D eigenvalue weighted by Gasteiger charge is 2.15. The van der Waals surface area contributed by atoms with Gasteiger partial charge in [-0.05, 0) is 39.2 Å². The zero-order valence-electron chi connectivity index (χ0n) is 11.3. The van der Waals surface area contributed by atoms with Crippen LogP contribution in [0.1, 0.15) is 58.8 Å². The van der Waals surface area contributed by atoms with Gasteiger partial charge in [-0.3, -0.25) is 0 Å². The SMILES string of the molecule is COC(C)C(C)NCC1CCCCCCC1. The van der Waals surface area contributed by atoms with Crippen molar-refractivity contribution in [3.8, 4) is 0 Å². The number of rotatable bonds is 5. The van der Waals surface area contributed by atoms with Crippen LogP contribution in [0.5, 0.6) is 0 Å². The Morgan fingerprint density at radius 2 is 1.62 bits per heavy atom. The molecular weight excluding hydrogens is 198 g/mol. The minimum absolute atomic E-state index is 0.313. The average molecular weight is 227 g/mol. The second kappa shape index (κ2) is 8.08. The van der Waals surface area contributed by atoms with E-state index in [4.69, 9.17) is 4.74 Å². The molecule has 0 aromatic carbocycles. The molecule has 0 aromatic rings. The van der Waals surface area contributed by atoms with Gasteiger partial charge in [0.15, 0.2) is 0 Å². The van der Waals surface area contributed by atoms with Crippen LogP contribution in [0.2, 0.25) is 0 Å². The summed E-state index contributed by atoms with van der Waals surface area (Å²) in [5.41, 5.74) is 0. The lowest BCUT2D eigenvalue weighted by Crippen LogP contribution is -2.39. The van der Waals surface area contributed by atoms with Crippen LogP contribution in [-0.4, -0.2) is 25.8 Å². The maximum atomic E-state index is 5.33. The average Bonchev–Trinajstić information content (AvgIpc) is 2.26. The molecule has 1 rings (SSSR count). The topological polar surface area (TPSA) is 21.3 Å². The van der Waals surface area contributed by atoms with Crippen LogP contribution in [0.15, 0.2) is 0 Å². The van der Waals surface area contributed by atoms with Gasteiger partial charge in [-0.15, -0.1) is 0 Å². The van der Waals surface area contributed by atoms with E-state index in [0.29, 0.717) is 12.1 Å². The van der Waals surface area contributed by atoms with Crippen molar-refractivity contribution in [2.45, 2.75) is 70.9 Å². The molecule has 0 heterocycles. The summed E-state index contributed by atoms with van der Waals surface area (Å²) in [5.74, 6) is 0.895. The summed E-state index contributed by atoms with van der Waals surface area (Å²) < 4.78 is 5.33. The van der Waals surface area contributed by atoms with E-state index in [9.17, 15) is 0 Å². The van der Waals surface area contributed by atoms with Crippen molar-refractivity contribution in [3.05, 3.63) is 0 Å². The van der Waals surface area contributed by atoms with E-state index in [1.807, 2.05) is 0 Å². The van der Waals surface area contributed by atoms with E-state index < -0.39 is 0 Å². The van der Waals surface area contributed by atoms with Gasteiger partial charge in [0.05, 0.1) is 6.10 Å². The maximum absolute atomic E-state index is 5.33. The van der Waals surface area contributed by atoms with Gasteiger partial charge in [0, 0.05) is 13.2 Å². The molecule has 1 saturated carbocycles. The second-order valence-corrected chi connectivity index (χ2v) is 5.35. The van der Waals surface area contributed by atoms with Gasteiger partial charge in [-0.25, -0.2) is 0 Å². The number of hydrogen-bond donors (Lipinski definition) is 1. The van der Waals surface area contributed by atoms with Gasteiger partial charge in [0.25, 0.3) is 0 Å². The normalized spacial score (nSPS) is 23.4. The summed E-state index contributed by atoms with van der Waals surface area (Å²) in [5, 5.41) is 3.63. The molecule has 0 spiro atoms. The van der Waals surface area contributed by atoms with Gasteiger partial charge < -0.3 is 10.1 Å². The van der Waals surface area contributed by atoms with Crippen LogP contribution in [0, 0.1) is 5.92 Å². The molecule has 2 atom stereocenters. The van der Waals surface area contributed by atoms with E-state index in [2.05, 4.69) is 19.2 Å². The Balaban J connectivity index is 2.18. The molecule has 0 amide bonds. The van der Waals surface area contributed by atoms with Crippen LogP contribution in [-0.2, 0) is 4.74 Å². The molecular formula is C14H29NO. The Morgan fingerprint density at radius 1 is 1.06 bits per heavy atom. The smallest absolute Gasteiger partial charge is 0.0693 e. The summed E-state index contributed by atoms with van der Waals surface area (Å²) in [6.07, 6.45) is 10.4. The van der Waals surface area contributed by atoms with Crippen molar-refractivity contribution in [1.29, 1.82) is 0 Å². The lowest BCUT2D eigenvalue weighted by Gasteiger charge is -2.25. The predicted molar refractivity (Wildman–Crippen MR) is 69.7 cm³/mol. The number of hydrogen-bond acceptors (Lipinski definition) is 2. The first-order valence-electron chi connectivity index (χ1n) is 7.00. The van der Waals surface area contributed by atoms with Crippen molar-refractivity contribution in [2.75, 3.05) is 13.7 Å². The van der Waals surface area contributed by atoms with Gasteiger partial charge in [-0.1, -0.05) is 32.1 Å². The van der Waals surface area contributed by atoms with Gasteiger partial charge in [-0.2, -0.15) is 0 Å². The summed E-state index contributed by atoms with van der Waals surface area (Å²) in [6.45, 7) is 5.53. The largest absolute Gasteiger partial charge is 0.380 e. The Bertz CT molecular complexity index is 164. The lowest BCUT2D eigenvalue weighted by molar-refractivity contribution is 0.0866. The van der Waals surface area contributed by atoms with Crippen molar-refractivity contribution in [1.82, 2.24) is 5.32 Å².